The second kappa shape index (κ2) is 5.27. The summed E-state index contributed by atoms with van der Waals surface area (Å²) in [5.74, 6) is 0.544. The molecule has 2 aromatic heterocycles. The standard InChI is InChI=1S/C16H14N2O4S/c1-2-3-11-14(15(19)20)23-16-17-10(7-18(11)16)9-4-5-12-13(6-9)22-8-21-12/h4-7H,2-3,8H2,1H3,(H,19,20). The molecule has 0 spiro atoms. The maximum Gasteiger partial charge on any atom is 0.347 e. The molecule has 4 rings (SSSR count). The molecule has 118 valence electrons. The van der Waals surface area contributed by atoms with E-state index in [1.165, 1.54) is 11.3 Å². The number of ether oxygens (including phenoxy) is 2. The molecule has 0 fully saturated rings. The lowest BCUT2D eigenvalue weighted by atomic mass is 10.1. The van der Waals surface area contributed by atoms with E-state index in [-0.39, 0.29) is 6.79 Å². The number of hydrogen-bond acceptors (Lipinski definition) is 5. The Bertz CT molecular complexity index is 912. The number of aromatic carboxylic acids is 1. The van der Waals surface area contributed by atoms with Crippen LogP contribution in [0.4, 0.5) is 0 Å². The van der Waals surface area contributed by atoms with E-state index in [0.29, 0.717) is 22.0 Å². The van der Waals surface area contributed by atoms with Gasteiger partial charge in [-0.25, -0.2) is 9.78 Å². The molecule has 0 bridgehead atoms. The molecule has 3 aromatic rings. The number of fused-ring (bicyclic) bond motifs is 2. The van der Waals surface area contributed by atoms with E-state index in [4.69, 9.17) is 9.47 Å². The number of carboxylic acid groups (broad SMARTS) is 1. The molecule has 1 aromatic carbocycles. The zero-order valence-corrected chi connectivity index (χ0v) is 13.2. The van der Waals surface area contributed by atoms with Gasteiger partial charge in [0.2, 0.25) is 6.79 Å². The van der Waals surface area contributed by atoms with E-state index < -0.39 is 5.97 Å². The van der Waals surface area contributed by atoms with Crippen molar-refractivity contribution >= 4 is 22.3 Å². The van der Waals surface area contributed by atoms with Gasteiger partial charge in [-0.05, 0) is 24.6 Å². The summed E-state index contributed by atoms with van der Waals surface area (Å²) >= 11 is 1.21. The van der Waals surface area contributed by atoms with Crippen molar-refractivity contribution in [3.63, 3.8) is 0 Å². The van der Waals surface area contributed by atoms with Crippen LogP contribution < -0.4 is 9.47 Å². The quantitative estimate of drug-likeness (QED) is 0.793. The Balaban J connectivity index is 1.81. The number of nitrogens with zero attached hydrogens (tertiary/aromatic N) is 2. The zero-order valence-electron chi connectivity index (χ0n) is 12.4. The first kappa shape index (κ1) is 14.1. The summed E-state index contributed by atoms with van der Waals surface area (Å²) in [6, 6.07) is 5.69. The third-order valence-corrected chi connectivity index (χ3v) is 4.85. The average Bonchev–Trinajstić information content (AvgIpc) is 3.21. The van der Waals surface area contributed by atoms with Gasteiger partial charge in [0.1, 0.15) is 4.88 Å². The van der Waals surface area contributed by atoms with Gasteiger partial charge in [-0.3, -0.25) is 4.40 Å². The lowest BCUT2D eigenvalue weighted by molar-refractivity contribution is 0.0700. The maximum atomic E-state index is 11.4. The minimum atomic E-state index is -0.895. The number of carboxylic acids is 1. The molecule has 1 aliphatic rings. The molecule has 0 radical (unpaired) electrons. The van der Waals surface area contributed by atoms with E-state index >= 15 is 0 Å². The fourth-order valence-electron chi connectivity index (χ4n) is 2.72. The van der Waals surface area contributed by atoms with Crippen molar-refractivity contribution in [3.8, 4) is 22.8 Å². The van der Waals surface area contributed by atoms with Gasteiger partial charge in [-0.15, -0.1) is 0 Å². The second-order valence-corrected chi connectivity index (χ2v) is 6.26. The molecule has 0 atom stereocenters. The normalized spacial score (nSPS) is 12.9. The van der Waals surface area contributed by atoms with Crippen LogP contribution in [0.5, 0.6) is 11.5 Å². The number of thiazole rings is 1. The first-order chi connectivity index (χ1) is 11.2. The molecular weight excluding hydrogens is 316 g/mol. The summed E-state index contributed by atoms with van der Waals surface area (Å²) < 4.78 is 12.6. The van der Waals surface area contributed by atoms with E-state index in [1.807, 2.05) is 35.7 Å². The SMILES string of the molecule is CCCc1c(C(=O)O)sc2nc(-c3ccc4c(c3)OCO4)cn12. The number of rotatable bonds is 4. The molecule has 0 saturated heterocycles. The number of aromatic nitrogens is 2. The summed E-state index contributed by atoms with van der Waals surface area (Å²) in [5, 5.41) is 9.34. The highest BCUT2D eigenvalue weighted by Gasteiger charge is 2.20. The van der Waals surface area contributed by atoms with Crippen LogP contribution in [0.2, 0.25) is 0 Å². The first-order valence-electron chi connectivity index (χ1n) is 7.31. The van der Waals surface area contributed by atoms with Crippen LogP contribution in [0.25, 0.3) is 16.2 Å². The van der Waals surface area contributed by atoms with E-state index in [9.17, 15) is 9.90 Å². The molecule has 0 saturated carbocycles. The molecule has 1 aliphatic heterocycles. The van der Waals surface area contributed by atoms with Crippen molar-refractivity contribution in [2.45, 2.75) is 19.8 Å². The summed E-state index contributed by atoms with van der Waals surface area (Å²) in [5.41, 5.74) is 2.52. The van der Waals surface area contributed by atoms with Crippen molar-refractivity contribution < 1.29 is 19.4 Å². The van der Waals surface area contributed by atoms with Gasteiger partial charge in [0.05, 0.1) is 5.69 Å². The van der Waals surface area contributed by atoms with Crippen molar-refractivity contribution in [2.75, 3.05) is 6.79 Å². The van der Waals surface area contributed by atoms with Gasteiger partial charge in [-0.2, -0.15) is 0 Å². The van der Waals surface area contributed by atoms with Crippen molar-refractivity contribution in [1.82, 2.24) is 9.38 Å². The Morgan fingerprint density at radius 2 is 2.22 bits per heavy atom. The van der Waals surface area contributed by atoms with Crippen molar-refractivity contribution in [3.05, 3.63) is 35.0 Å². The third-order valence-electron chi connectivity index (χ3n) is 3.77. The minimum Gasteiger partial charge on any atom is -0.477 e. The van der Waals surface area contributed by atoms with Crippen LogP contribution in [0.3, 0.4) is 0 Å². The highest BCUT2D eigenvalue weighted by molar-refractivity contribution is 7.19. The van der Waals surface area contributed by atoms with E-state index in [2.05, 4.69) is 4.98 Å². The van der Waals surface area contributed by atoms with Gasteiger partial charge in [0, 0.05) is 17.5 Å². The number of carbonyl (C=O) groups is 1. The molecule has 3 heterocycles. The monoisotopic (exact) mass is 330 g/mol. The molecule has 7 heteroatoms. The Morgan fingerprint density at radius 3 is 3.00 bits per heavy atom. The Hall–Kier alpha value is -2.54. The van der Waals surface area contributed by atoms with E-state index in [1.54, 1.807) is 0 Å². The summed E-state index contributed by atoms with van der Waals surface area (Å²) in [4.78, 5) is 17.0. The summed E-state index contributed by atoms with van der Waals surface area (Å²) in [6.07, 6.45) is 3.48. The molecule has 0 aliphatic carbocycles. The van der Waals surface area contributed by atoms with Crippen LogP contribution in [0, 0.1) is 0 Å². The Morgan fingerprint density at radius 1 is 1.39 bits per heavy atom. The molecule has 1 N–H and O–H groups in total. The first-order valence-corrected chi connectivity index (χ1v) is 8.13. The highest BCUT2D eigenvalue weighted by Crippen LogP contribution is 2.36. The summed E-state index contributed by atoms with van der Waals surface area (Å²) in [6.45, 7) is 2.27. The third kappa shape index (κ3) is 2.24. The van der Waals surface area contributed by atoms with Gasteiger partial charge in [0.25, 0.3) is 0 Å². The van der Waals surface area contributed by atoms with Crippen molar-refractivity contribution in [2.24, 2.45) is 0 Å². The Kier molecular flexibility index (Phi) is 3.23. The molecule has 23 heavy (non-hydrogen) atoms. The van der Waals surface area contributed by atoms with Gasteiger partial charge in [-0.1, -0.05) is 24.7 Å². The van der Waals surface area contributed by atoms with Gasteiger partial charge < -0.3 is 14.6 Å². The molecule has 0 unspecified atom stereocenters. The topological polar surface area (TPSA) is 73.1 Å². The second-order valence-electron chi connectivity index (χ2n) is 5.28. The number of hydrogen-bond donors (Lipinski definition) is 1. The number of imidazole rings is 1. The van der Waals surface area contributed by atoms with Gasteiger partial charge >= 0.3 is 5.97 Å². The van der Waals surface area contributed by atoms with E-state index in [0.717, 1.165) is 29.1 Å². The molecule has 0 amide bonds. The minimum absolute atomic E-state index is 0.236. The van der Waals surface area contributed by atoms with Crippen LogP contribution in [0.15, 0.2) is 24.4 Å². The molecule has 6 nitrogen and oxygen atoms in total. The highest BCUT2D eigenvalue weighted by atomic mass is 32.1. The predicted molar refractivity (Wildman–Crippen MR) is 85.6 cm³/mol. The lowest BCUT2D eigenvalue weighted by Crippen LogP contribution is -2.00. The van der Waals surface area contributed by atoms with Crippen LogP contribution >= 0.6 is 11.3 Å². The average molecular weight is 330 g/mol. The zero-order chi connectivity index (χ0) is 16.0. The summed E-state index contributed by atoms with van der Waals surface area (Å²) in [7, 11) is 0. The molecular formula is C16H14N2O4S. The van der Waals surface area contributed by atoms with Crippen LogP contribution in [-0.4, -0.2) is 27.3 Å². The fraction of sp³-hybridized carbons (Fsp3) is 0.250. The lowest BCUT2D eigenvalue weighted by Gasteiger charge is -2.00. The fourth-order valence-corrected chi connectivity index (χ4v) is 3.71. The smallest absolute Gasteiger partial charge is 0.347 e. The van der Waals surface area contributed by atoms with Crippen molar-refractivity contribution in [1.29, 1.82) is 0 Å². The van der Waals surface area contributed by atoms with Crippen LogP contribution in [-0.2, 0) is 6.42 Å². The number of aryl methyl sites for hydroxylation is 1. The number of benzene rings is 1. The maximum absolute atomic E-state index is 11.4. The largest absolute Gasteiger partial charge is 0.477 e. The van der Waals surface area contributed by atoms with Gasteiger partial charge in [0.15, 0.2) is 16.5 Å². The Labute approximate surface area is 135 Å². The van der Waals surface area contributed by atoms with Crippen LogP contribution in [0.1, 0.15) is 28.7 Å². The predicted octanol–water partition coefficient (Wildman–Crippen LogP) is 3.44.